The molecule has 0 spiro atoms. The molecule has 2 rings (SSSR count). The summed E-state index contributed by atoms with van der Waals surface area (Å²) in [7, 11) is 2.18. The molecule has 0 aromatic carbocycles. The lowest BCUT2D eigenvalue weighted by molar-refractivity contribution is 0.312. The molecule has 1 aromatic rings. The summed E-state index contributed by atoms with van der Waals surface area (Å²) < 4.78 is 0.238. The van der Waals surface area contributed by atoms with Crippen molar-refractivity contribution < 1.29 is 0 Å². The number of aryl methyl sites for hydroxylation is 1. The maximum absolute atomic E-state index is 4.79. The number of anilines is 1. The van der Waals surface area contributed by atoms with E-state index in [4.69, 9.17) is 4.98 Å². The van der Waals surface area contributed by atoms with Gasteiger partial charge in [-0.05, 0) is 26.1 Å². The molecule has 19 heavy (non-hydrogen) atoms. The predicted molar refractivity (Wildman–Crippen MR) is 84.3 cm³/mol. The van der Waals surface area contributed by atoms with Gasteiger partial charge in [0, 0.05) is 35.8 Å². The van der Waals surface area contributed by atoms with Gasteiger partial charge in [-0.15, -0.1) is 11.8 Å². The smallest absolute Gasteiger partial charge is 0.128 e. The Hall–Kier alpha value is -0.740. The van der Waals surface area contributed by atoms with Crippen LogP contribution in [0.1, 0.15) is 26.5 Å². The van der Waals surface area contributed by atoms with Crippen molar-refractivity contribution >= 4 is 17.6 Å². The Morgan fingerprint density at radius 2 is 1.74 bits per heavy atom. The summed E-state index contributed by atoms with van der Waals surface area (Å²) in [5.74, 6) is 1.13. The Morgan fingerprint density at radius 1 is 1.11 bits per heavy atom. The topological polar surface area (TPSA) is 19.4 Å². The molecule has 0 radical (unpaired) electrons. The van der Waals surface area contributed by atoms with Crippen molar-refractivity contribution in [3.8, 4) is 0 Å². The minimum Gasteiger partial charge on any atom is -0.354 e. The molecule has 4 heteroatoms. The van der Waals surface area contributed by atoms with E-state index >= 15 is 0 Å². The average molecular weight is 279 g/mol. The average Bonchev–Trinajstić information content (AvgIpc) is 2.31. The quantitative estimate of drug-likeness (QED) is 0.775. The van der Waals surface area contributed by atoms with Gasteiger partial charge < -0.3 is 9.80 Å². The zero-order valence-corrected chi connectivity index (χ0v) is 13.5. The normalized spacial score (nSPS) is 17.8. The number of pyridine rings is 1. The van der Waals surface area contributed by atoms with Crippen LogP contribution >= 0.6 is 11.8 Å². The van der Waals surface area contributed by atoms with Crippen molar-refractivity contribution in [1.82, 2.24) is 9.88 Å². The van der Waals surface area contributed by atoms with E-state index in [9.17, 15) is 0 Å². The molecule has 2 heterocycles. The summed E-state index contributed by atoms with van der Waals surface area (Å²) in [6.45, 7) is 13.2. The van der Waals surface area contributed by atoms with E-state index in [1.807, 2.05) is 11.8 Å². The first kappa shape index (κ1) is 14.7. The third kappa shape index (κ3) is 4.11. The van der Waals surface area contributed by atoms with Gasteiger partial charge in [-0.1, -0.05) is 20.8 Å². The fraction of sp³-hybridized carbons (Fsp3) is 0.667. The van der Waals surface area contributed by atoms with Gasteiger partial charge in [0.25, 0.3) is 0 Å². The van der Waals surface area contributed by atoms with E-state index in [1.54, 1.807) is 0 Å². The third-order valence-electron chi connectivity index (χ3n) is 3.27. The number of piperazine rings is 1. The van der Waals surface area contributed by atoms with Gasteiger partial charge in [-0.2, -0.15) is 0 Å². The Balaban J connectivity index is 2.10. The number of hydrogen-bond acceptors (Lipinski definition) is 4. The van der Waals surface area contributed by atoms with E-state index in [0.29, 0.717) is 0 Å². The number of rotatable bonds is 2. The lowest BCUT2D eigenvalue weighted by Gasteiger charge is -2.33. The number of likely N-dealkylation sites (N-methyl/N-ethyl adjacent to an activating group) is 1. The van der Waals surface area contributed by atoms with Crippen molar-refractivity contribution in [2.45, 2.75) is 37.3 Å². The van der Waals surface area contributed by atoms with E-state index in [1.165, 1.54) is 4.90 Å². The van der Waals surface area contributed by atoms with Gasteiger partial charge >= 0.3 is 0 Å². The Bertz CT molecular complexity index is 432. The third-order valence-corrected chi connectivity index (χ3v) is 4.53. The van der Waals surface area contributed by atoms with Crippen LogP contribution in [0.5, 0.6) is 0 Å². The van der Waals surface area contributed by atoms with Crippen LogP contribution in [0, 0.1) is 6.92 Å². The standard InChI is InChI=1S/C15H25N3S/c1-12-13(19-15(2,3)4)6-7-14(16-12)18-10-8-17(5)9-11-18/h6-7H,8-11H2,1-5H3. The van der Waals surface area contributed by atoms with Crippen molar-refractivity contribution in [3.63, 3.8) is 0 Å². The molecule has 0 N–H and O–H groups in total. The van der Waals surface area contributed by atoms with E-state index in [-0.39, 0.29) is 4.75 Å². The van der Waals surface area contributed by atoms with Gasteiger partial charge in [0.15, 0.2) is 0 Å². The fourth-order valence-corrected chi connectivity index (χ4v) is 3.17. The number of aromatic nitrogens is 1. The van der Waals surface area contributed by atoms with Crippen LogP contribution in [-0.2, 0) is 0 Å². The molecule has 0 atom stereocenters. The summed E-state index contributed by atoms with van der Waals surface area (Å²) in [6, 6.07) is 4.40. The second kappa shape index (κ2) is 5.71. The SMILES string of the molecule is Cc1nc(N2CCN(C)CC2)ccc1SC(C)(C)C. The maximum atomic E-state index is 4.79. The summed E-state index contributed by atoms with van der Waals surface area (Å²) in [6.07, 6.45) is 0. The van der Waals surface area contributed by atoms with Crippen molar-refractivity contribution in [2.75, 3.05) is 38.1 Å². The molecule has 0 amide bonds. The lowest BCUT2D eigenvalue weighted by atomic mass is 10.3. The molecule has 0 bridgehead atoms. The molecule has 0 unspecified atom stereocenters. The first-order valence-electron chi connectivity index (χ1n) is 6.95. The predicted octanol–water partition coefficient (Wildman–Crippen LogP) is 3.03. The highest BCUT2D eigenvalue weighted by Crippen LogP contribution is 2.34. The first-order valence-corrected chi connectivity index (χ1v) is 7.77. The second-order valence-corrected chi connectivity index (χ2v) is 8.13. The van der Waals surface area contributed by atoms with Gasteiger partial charge in [-0.3, -0.25) is 0 Å². The highest BCUT2D eigenvalue weighted by Gasteiger charge is 2.18. The monoisotopic (exact) mass is 279 g/mol. The van der Waals surface area contributed by atoms with Gasteiger partial charge in [0.1, 0.15) is 5.82 Å². The molecular formula is C15H25N3S. The van der Waals surface area contributed by atoms with E-state index in [0.717, 1.165) is 37.7 Å². The number of hydrogen-bond donors (Lipinski definition) is 0. The van der Waals surface area contributed by atoms with Crippen LogP contribution in [-0.4, -0.2) is 47.9 Å². The number of thioether (sulfide) groups is 1. The van der Waals surface area contributed by atoms with Crippen LogP contribution in [0.15, 0.2) is 17.0 Å². The van der Waals surface area contributed by atoms with Gasteiger partial charge in [-0.25, -0.2) is 4.98 Å². The largest absolute Gasteiger partial charge is 0.354 e. The van der Waals surface area contributed by atoms with Crippen molar-refractivity contribution in [2.24, 2.45) is 0 Å². The van der Waals surface area contributed by atoms with E-state index in [2.05, 4.69) is 56.7 Å². The van der Waals surface area contributed by atoms with Crippen molar-refractivity contribution in [1.29, 1.82) is 0 Å². The van der Waals surface area contributed by atoms with Crippen LogP contribution in [0.4, 0.5) is 5.82 Å². The van der Waals surface area contributed by atoms with Crippen LogP contribution < -0.4 is 4.90 Å². The second-order valence-electron chi connectivity index (χ2n) is 6.26. The molecular weight excluding hydrogens is 254 g/mol. The van der Waals surface area contributed by atoms with Gasteiger partial charge in [0.05, 0.1) is 5.69 Å². The highest BCUT2D eigenvalue weighted by atomic mass is 32.2. The maximum Gasteiger partial charge on any atom is 0.128 e. The lowest BCUT2D eigenvalue weighted by Crippen LogP contribution is -2.44. The Kier molecular flexibility index (Phi) is 4.41. The fourth-order valence-electron chi connectivity index (χ4n) is 2.18. The summed E-state index contributed by atoms with van der Waals surface area (Å²) in [4.78, 5) is 10.8. The zero-order chi connectivity index (χ0) is 14.0. The summed E-state index contributed by atoms with van der Waals surface area (Å²) in [5.41, 5.74) is 1.15. The molecule has 0 aliphatic carbocycles. The molecule has 1 aliphatic rings. The molecule has 3 nitrogen and oxygen atoms in total. The minimum atomic E-state index is 0.238. The van der Waals surface area contributed by atoms with Crippen LogP contribution in [0.25, 0.3) is 0 Å². The first-order chi connectivity index (χ1) is 8.85. The summed E-state index contributed by atoms with van der Waals surface area (Å²) >= 11 is 1.89. The Labute approximate surface area is 121 Å². The molecule has 106 valence electrons. The molecule has 0 saturated carbocycles. The minimum absolute atomic E-state index is 0.238. The van der Waals surface area contributed by atoms with Crippen LogP contribution in [0.2, 0.25) is 0 Å². The van der Waals surface area contributed by atoms with E-state index < -0.39 is 0 Å². The zero-order valence-electron chi connectivity index (χ0n) is 12.7. The summed E-state index contributed by atoms with van der Waals surface area (Å²) in [5, 5.41) is 0. The molecule has 1 aromatic heterocycles. The number of nitrogens with zero attached hydrogens (tertiary/aromatic N) is 3. The van der Waals surface area contributed by atoms with Crippen molar-refractivity contribution in [3.05, 3.63) is 17.8 Å². The van der Waals surface area contributed by atoms with Crippen LogP contribution in [0.3, 0.4) is 0 Å². The Morgan fingerprint density at radius 3 is 2.26 bits per heavy atom. The molecule has 1 fully saturated rings. The van der Waals surface area contributed by atoms with Gasteiger partial charge in [0.2, 0.25) is 0 Å². The molecule has 1 aliphatic heterocycles. The highest BCUT2D eigenvalue weighted by molar-refractivity contribution is 8.00. The molecule has 1 saturated heterocycles.